The second-order valence-corrected chi connectivity index (χ2v) is 5.89. The SMILES string of the molecule is CCc1nc(C)ncc1C(=O)N1CCO[C@H]2CCCC[C@H]21. The molecule has 1 saturated heterocycles. The zero-order valence-electron chi connectivity index (χ0n) is 12.8. The van der Waals surface area contributed by atoms with Crippen molar-refractivity contribution in [3.05, 3.63) is 23.3 Å². The van der Waals surface area contributed by atoms with Crippen LogP contribution in [0.15, 0.2) is 6.20 Å². The fourth-order valence-corrected chi connectivity index (χ4v) is 3.47. The molecule has 5 nitrogen and oxygen atoms in total. The summed E-state index contributed by atoms with van der Waals surface area (Å²) in [5.74, 6) is 0.799. The minimum Gasteiger partial charge on any atom is -0.374 e. The van der Waals surface area contributed by atoms with Gasteiger partial charge in [0.2, 0.25) is 0 Å². The van der Waals surface area contributed by atoms with Gasteiger partial charge in [-0.1, -0.05) is 19.8 Å². The lowest BCUT2D eigenvalue weighted by molar-refractivity contribution is -0.0753. The Morgan fingerprint density at radius 1 is 1.43 bits per heavy atom. The van der Waals surface area contributed by atoms with Crippen molar-refractivity contribution in [2.24, 2.45) is 0 Å². The zero-order valence-corrected chi connectivity index (χ0v) is 12.8. The van der Waals surface area contributed by atoms with Crippen LogP contribution in [0.4, 0.5) is 0 Å². The number of carbonyl (C=O) groups excluding carboxylic acids is 1. The van der Waals surface area contributed by atoms with E-state index in [1.165, 1.54) is 12.8 Å². The third-order valence-electron chi connectivity index (χ3n) is 4.55. The fraction of sp³-hybridized carbons (Fsp3) is 0.688. The Labute approximate surface area is 125 Å². The number of morpholine rings is 1. The van der Waals surface area contributed by atoms with Crippen LogP contribution in [0, 0.1) is 6.92 Å². The highest BCUT2D eigenvalue weighted by Crippen LogP contribution is 2.29. The first kappa shape index (κ1) is 14.4. The van der Waals surface area contributed by atoms with Gasteiger partial charge in [-0.05, 0) is 26.2 Å². The van der Waals surface area contributed by atoms with Crippen LogP contribution in [-0.4, -0.2) is 46.1 Å². The smallest absolute Gasteiger partial charge is 0.257 e. The van der Waals surface area contributed by atoms with E-state index in [2.05, 4.69) is 9.97 Å². The minimum absolute atomic E-state index is 0.0760. The molecule has 1 aliphatic carbocycles. The van der Waals surface area contributed by atoms with Crippen molar-refractivity contribution in [1.29, 1.82) is 0 Å². The molecule has 2 atom stereocenters. The van der Waals surface area contributed by atoms with Gasteiger partial charge in [-0.15, -0.1) is 0 Å². The first-order valence-electron chi connectivity index (χ1n) is 7.95. The van der Waals surface area contributed by atoms with Gasteiger partial charge in [0.1, 0.15) is 5.82 Å². The summed E-state index contributed by atoms with van der Waals surface area (Å²) in [6.07, 6.45) is 7.16. The normalized spacial score (nSPS) is 25.5. The van der Waals surface area contributed by atoms with Gasteiger partial charge in [0.15, 0.2) is 0 Å². The molecular formula is C16H23N3O2. The predicted molar refractivity (Wildman–Crippen MR) is 79.2 cm³/mol. The van der Waals surface area contributed by atoms with Crippen molar-refractivity contribution in [3.8, 4) is 0 Å². The average molecular weight is 289 g/mol. The van der Waals surface area contributed by atoms with Crippen LogP contribution in [0.5, 0.6) is 0 Å². The molecule has 1 aromatic heterocycles. The summed E-state index contributed by atoms with van der Waals surface area (Å²) in [6.45, 7) is 5.21. The summed E-state index contributed by atoms with van der Waals surface area (Å²) >= 11 is 0. The molecule has 0 N–H and O–H groups in total. The van der Waals surface area contributed by atoms with E-state index < -0.39 is 0 Å². The summed E-state index contributed by atoms with van der Waals surface area (Å²) in [7, 11) is 0. The van der Waals surface area contributed by atoms with Crippen molar-refractivity contribution in [2.75, 3.05) is 13.2 Å². The Morgan fingerprint density at radius 3 is 3.05 bits per heavy atom. The van der Waals surface area contributed by atoms with Crippen LogP contribution in [0.25, 0.3) is 0 Å². The third kappa shape index (κ3) is 2.79. The van der Waals surface area contributed by atoms with Crippen molar-refractivity contribution in [2.45, 2.75) is 58.1 Å². The minimum atomic E-state index is 0.0760. The van der Waals surface area contributed by atoms with E-state index in [1.807, 2.05) is 18.7 Å². The maximum Gasteiger partial charge on any atom is 0.257 e. The van der Waals surface area contributed by atoms with E-state index >= 15 is 0 Å². The molecule has 2 aliphatic rings. The molecule has 0 aromatic carbocycles. The first-order chi connectivity index (χ1) is 10.2. The van der Waals surface area contributed by atoms with Gasteiger partial charge in [-0.3, -0.25) is 4.79 Å². The molecule has 1 amide bonds. The van der Waals surface area contributed by atoms with Crippen LogP contribution in [0.3, 0.4) is 0 Å². The van der Waals surface area contributed by atoms with Crippen LogP contribution in [0.1, 0.15) is 54.5 Å². The van der Waals surface area contributed by atoms with E-state index in [4.69, 9.17) is 4.74 Å². The van der Waals surface area contributed by atoms with E-state index in [0.29, 0.717) is 18.7 Å². The number of carbonyl (C=O) groups is 1. The molecule has 2 fully saturated rings. The van der Waals surface area contributed by atoms with E-state index in [9.17, 15) is 4.79 Å². The molecule has 1 saturated carbocycles. The van der Waals surface area contributed by atoms with Crippen molar-refractivity contribution in [3.63, 3.8) is 0 Å². The Kier molecular flexibility index (Phi) is 4.19. The van der Waals surface area contributed by atoms with Crippen LogP contribution < -0.4 is 0 Å². The Hall–Kier alpha value is -1.49. The Bertz CT molecular complexity index is 530. The van der Waals surface area contributed by atoms with E-state index in [1.54, 1.807) is 6.20 Å². The number of hydrogen-bond acceptors (Lipinski definition) is 4. The van der Waals surface area contributed by atoms with Crippen LogP contribution in [-0.2, 0) is 11.2 Å². The molecule has 1 aromatic rings. The number of aromatic nitrogens is 2. The number of ether oxygens (including phenoxy) is 1. The molecular weight excluding hydrogens is 266 g/mol. The summed E-state index contributed by atoms with van der Waals surface area (Å²) in [5, 5.41) is 0. The number of rotatable bonds is 2. The number of nitrogens with zero attached hydrogens (tertiary/aromatic N) is 3. The van der Waals surface area contributed by atoms with Crippen LogP contribution >= 0.6 is 0 Å². The standard InChI is InChI=1S/C16H23N3O2/c1-3-13-12(10-17-11(2)18-13)16(20)19-8-9-21-15-7-5-4-6-14(15)19/h10,14-15H,3-9H2,1-2H3/t14-,15+/m1/s1. The van der Waals surface area contributed by atoms with E-state index in [-0.39, 0.29) is 18.1 Å². The number of aryl methyl sites for hydroxylation is 2. The van der Waals surface area contributed by atoms with Gasteiger partial charge in [-0.25, -0.2) is 9.97 Å². The predicted octanol–water partition coefficient (Wildman–Crippen LogP) is 2.13. The number of hydrogen-bond donors (Lipinski definition) is 0. The summed E-state index contributed by atoms with van der Waals surface area (Å²) < 4.78 is 5.85. The first-order valence-corrected chi connectivity index (χ1v) is 7.95. The highest BCUT2D eigenvalue weighted by molar-refractivity contribution is 5.95. The second-order valence-electron chi connectivity index (χ2n) is 5.89. The molecule has 0 spiro atoms. The molecule has 3 rings (SSSR count). The second kappa shape index (κ2) is 6.10. The van der Waals surface area contributed by atoms with Gasteiger partial charge in [0, 0.05) is 12.7 Å². The average Bonchev–Trinajstić information content (AvgIpc) is 2.53. The van der Waals surface area contributed by atoms with E-state index in [0.717, 1.165) is 30.8 Å². The maximum absolute atomic E-state index is 12.9. The topological polar surface area (TPSA) is 55.3 Å². The Balaban J connectivity index is 1.87. The quantitative estimate of drug-likeness (QED) is 0.837. The number of amides is 1. The molecule has 1 aliphatic heterocycles. The molecule has 114 valence electrons. The molecule has 0 radical (unpaired) electrons. The molecule has 0 unspecified atom stereocenters. The molecule has 21 heavy (non-hydrogen) atoms. The van der Waals surface area contributed by atoms with Crippen molar-refractivity contribution >= 4 is 5.91 Å². The largest absolute Gasteiger partial charge is 0.374 e. The maximum atomic E-state index is 12.9. The third-order valence-corrected chi connectivity index (χ3v) is 4.55. The summed E-state index contributed by atoms with van der Waals surface area (Å²) in [6, 6.07) is 0.228. The summed E-state index contributed by atoms with van der Waals surface area (Å²) in [4.78, 5) is 23.6. The lowest BCUT2D eigenvalue weighted by atomic mass is 9.89. The highest BCUT2D eigenvalue weighted by atomic mass is 16.5. The highest BCUT2D eigenvalue weighted by Gasteiger charge is 2.37. The molecule has 0 bridgehead atoms. The lowest BCUT2D eigenvalue weighted by Crippen LogP contribution is -2.55. The van der Waals surface area contributed by atoms with Crippen molar-refractivity contribution < 1.29 is 9.53 Å². The number of fused-ring (bicyclic) bond motifs is 1. The van der Waals surface area contributed by atoms with Gasteiger partial charge < -0.3 is 9.64 Å². The van der Waals surface area contributed by atoms with Gasteiger partial charge in [0.05, 0.1) is 30.0 Å². The molecule has 5 heteroatoms. The monoisotopic (exact) mass is 289 g/mol. The van der Waals surface area contributed by atoms with Gasteiger partial charge >= 0.3 is 0 Å². The zero-order chi connectivity index (χ0) is 14.8. The summed E-state index contributed by atoms with van der Waals surface area (Å²) in [5.41, 5.74) is 1.51. The van der Waals surface area contributed by atoms with Crippen molar-refractivity contribution in [1.82, 2.24) is 14.9 Å². The Morgan fingerprint density at radius 2 is 2.24 bits per heavy atom. The molecule has 2 heterocycles. The fourth-order valence-electron chi connectivity index (χ4n) is 3.47. The van der Waals surface area contributed by atoms with Crippen LogP contribution in [0.2, 0.25) is 0 Å². The lowest BCUT2D eigenvalue weighted by Gasteiger charge is -2.43. The van der Waals surface area contributed by atoms with Gasteiger partial charge in [-0.2, -0.15) is 0 Å². The van der Waals surface area contributed by atoms with Gasteiger partial charge in [0.25, 0.3) is 5.91 Å².